The molecule has 1 fully saturated rings. The van der Waals surface area contributed by atoms with Crippen LogP contribution >= 0.6 is 22.9 Å². The number of benzene rings is 1. The Morgan fingerprint density at radius 2 is 1.96 bits per heavy atom. The molecule has 2 aromatic rings. The molecule has 1 unspecified atom stereocenters. The number of hydrogen-bond acceptors (Lipinski definition) is 3. The first kappa shape index (κ1) is 16.4. The van der Waals surface area contributed by atoms with Gasteiger partial charge in [-0.25, -0.2) is 4.39 Å². The van der Waals surface area contributed by atoms with Gasteiger partial charge in [0.25, 0.3) is 0 Å². The van der Waals surface area contributed by atoms with Crippen molar-refractivity contribution in [2.75, 3.05) is 13.1 Å². The van der Waals surface area contributed by atoms with E-state index in [1.807, 2.05) is 18.2 Å². The third kappa shape index (κ3) is 3.57. The summed E-state index contributed by atoms with van der Waals surface area (Å²) >= 11 is 7.50. The maximum atomic E-state index is 14.3. The van der Waals surface area contributed by atoms with Crippen molar-refractivity contribution in [2.45, 2.75) is 18.9 Å². The van der Waals surface area contributed by atoms with Gasteiger partial charge in [-0.05, 0) is 44.1 Å². The van der Waals surface area contributed by atoms with Crippen LogP contribution < -0.4 is 0 Å². The quantitative estimate of drug-likeness (QED) is 0.884. The van der Waals surface area contributed by atoms with Gasteiger partial charge in [0, 0.05) is 10.4 Å². The fourth-order valence-corrected chi connectivity index (χ4v) is 4.32. The Labute approximate surface area is 143 Å². The normalized spacial score (nSPS) is 18.0. The van der Waals surface area contributed by atoms with E-state index in [1.165, 1.54) is 17.4 Å². The van der Waals surface area contributed by atoms with E-state index in [4.69, 9.17) is 16.7 Å². The van der Waals surface area contributed by atoms with E-state index >= 15 is 0 Å². The maximum absolute atomic E-state index is 14.3. The molecule has 3 rings (SSSR count). The monoisotopic (exact) mass is 353 g/mol. The Balaban J connectivity index is 1.91. The van der Waals surface area contributed by atoms with E-state index in [9.17, 15) is 9.18 Å². The van der Waals surface area contributed by atoms with Gasteiger partial charge in [-0.15, -0.1) is 11.3 Å². The molecule has 1 atom stereocenters. The zero-order valence-corrected chi connectivity index (χ0v) is 14.0. The molecule has 0 bridgehead atoms. The summed E-state index contributed by atoms with van der Waals surface area (Å²) in [7, 11) is 0. The van der Waals surface area contributed by atoms with Crippen LogP contribution in [-0.4, -0.2) is 29.1 Å². The summed E-state index contributed by atoms with van der Waals surface area (Å²) < 4.78 is 15.0. The Morgan fingerprint density at radius 1 is 1.26 bits per heavy atom. The fourth-order valence-electron chi connectivity index (χ4n) is 3.11. The van der Waals surface area contributed by atoms with Crippen molar-refractivity contribution in [2.24, 2.45) is 5.92 Å². The Hall–Kier alpha value is -1.43. The van der Waals surface area contributed by atoms with Crippen LogP contribution in [0.15, 0.2) is 36.4 Å². The number of rotatable bonds is 4. The number of carboxylic acid groups (broad SMARTS) is 1. The van der Waals surface area contributed by atoms with Gasteiger partial charge in [0.15, 0.2) is 0 Å². The second kappa shape index (κ2) is 6.99. The van der Waals surface area contributed by atoms with Crippen LogP contribution in [0.2, 0.25) is 4.34 Å². The number of halogens is 2. The van der Waals surface area contributed by atoms with Crippen LogP contribution in [0.4, 0.5) is 4.39 Å². The molecule has 0 spiro atoms. The molecule has 3 nitrogen and oxygen atoms in total. The van der Waals surface area contributed by atoms with Gasteiger partial charge < -0.3 is 5.11 Å². The Bertz CT molecular complexity index is 697. The topological polar surface area (TPSA) is 40.5 Å². The van der Waals surface area contributed by atoms with Gasteiger partial charge in [-0.1, -0.05) is 29.8 Å². The van der Waals surface area contributed by atoms with Gasteiger partial charge in [0.1, 0.15) is 5.82 Å². The van der Waals surface area contributed by atoms with Crippen LogP contribution in [0.3, 0.4) is 0 Å². The lowest BCUT2D eigenvalue weighted by molar-refractivity contribution is -0.143. The van der Waals surface area contributed by atoms with E-state index in [2.05, 4.69) is 4.90 Å². The molecule has 1 aromatic heterocycles. The molecular weight excluding hydrogens is 337 g/mol. The van der Waals surface area contributed by atoms with Crippen molar-refractivity contribution in [3.05, 3.63) is 57.0 Å². The van der Waals surface area contributed by atoms with Crippen molar-refractivity contribution in [1.82, 2.24) is 4.90 Å². The molecule has 0 saturated carbocycles. The minimum atomic E-state index is -0.744. The van der Waals surface area contributed by atoms with Crippen LogP contribution in [-0.2, 0) is 4.79 Å². The number of piperidine rings is 1. The standard InChI is InChI=1S/C17H17ClFNO2S/c18-15-6-5-14(23-15)16(12-3-1-2-4-13(12)19)20-9-7-11(8-10-20)17(21)22/h1-6,11,16H,7-10H2,(H,21,22). The highest BCUT2D eigenvalue weighted by molar-refractivity contribution is 7.16. The molecule has 0 aliphatic carbocycles. The first-order valence-electron chi connectivity index (χ1n) is 7.53. The van der Waals surface area contributed by atoms with Gasteiger partial charge in [0.2, 0.25) is 0 Å². The number of likely N-dealkylation sites (tertiary alicyclic amines) is 1. The lowest BCUT2D eigenvalue weighted by atomic mass is 9.93. The summed E-state index contributed by atoms with van der Waals surface area (Å²) in [6.45, 7) is 1.26. The molecule has 1 aromatic carbocycles. The molecule has 2 heterocycles. The van der Waals surface area contributed by atoms with Crippen molar-refractivity contribution in [3.63, 3.8) is 0 Å². The van der Waals surface area contributed by atoms with Crippen LogP contribution in [0.1, 0.15) is 29.3 Å². The average Bonchev–Trinajstić information content (AvgIpc) is 2.96. The van der Waals surface area contributed by atoms with Gasteiger partial charge in [-0.2, -0.15) is 0 Å². The molecule has 1 N–H and O–H groups in total. The van der Waals surface area contributed by atoms with E-state index in [0.717, 1.165) is 4.88 Å². The van der Waals surface area contributed by atoms with Crippen molar-refractivity contribution >= 4 is 28.9 Å². The van der Waals surface area contributed by atoms with Crippen LogP contribution in [0.5, 0.6) is 0 Å². The number of nitrogens with zero attached hydrogens (tertiary/aromatic N) is 1. The molecule has 0 amide bonds. The number of aliphatic carboxylic acids is 1. The highest BCUT2D eigenvalue weighted by atomic mass is 35.5. The molecule has 1 aliphatic heterocycles. The second-order valence-corrected chi connectivity index (χ2v) is 7.46. The Morgan fingerprint density at radius 3 is 2.52 bits per heavy atom. The van der Waals surface area contributed by atoms with E-state index in [1.54, 1.807) is 12.1 Å². The lowest BCUT2D eigenvalue weighted by Gasteiger charge is -2.36. The largest absolute Gasteiger partial charge is 0.481 e. The van der Waals surface area contributed by atoms with Crippen LogP contribution in [0.25, 0.3) is 0 Å². The summed E-state index contributed by atoms with van der Waals surface area (Å²) in [6, 6.07) is 10.3. The summed E-state index contributed by atoms with van der Waals surface area (Å²) in [6.07, 6.45) is 1.17. The third-order valence-electron chi connectivity index (χ3n) is 4.31. The average molecular weight is 354 g/mol. The zero-order valence-electron chi connectivity index (χ0n) is 12.4. The minimum absolute atomic E-state index is 0.219. The zero-order chi connectivity index (χ0) is 16.4. The number of carbonyl (C=O) groups is 1. The molecular formula is C17H17ClFNO2S. The molecule has 1 aliphatic rings. The predicted octanol–water partition coefficient (Wildman–Crippen LogP) is 4.43. The molecule has 1 saturated heterocycles. The predicted molar refractivity (Wildman–Crippen MR) is 89.5 cm³/mol. The van der Waals surface area contributed by atoms with Crippen molar-refractivity contribution in [3.8, 4) is 0 Å². The summed E-state index contributed by atoms with van der Waals surface area (Å²) in [5.41, 5.74) is 0.611. The molecule has 23 heavy (non-hydrogen) atoms. The molecule has 0 radical (unpaired) electrons. The lowest BCUT2D eigenvalue weighted by Crippen LogP contribution is -2.39. The second-order valence-electron chi connectivity index (χ2n) is 5.71. The highest BCUT2D eigenvalue weighted by Gasteiger charge is 2.32. The number of thiophene rings is 1. The van der Waals surface area contributed by atoms with Gasteiger partial charge in [0.05, 0.1) is 16.3 Å². The van der Waals surface area contributed by atoms with Crippen molar-refractivity contribution < 1.29 is 14.3 Å². The molecule has 6 heteroatoms. The third-order valence-corrected chi connectivity index (χ3v) is 5.59. The van der Waals surface area contributed by atoms with Crippen LogP contribution in [0, 0.1) is 11.7 Å². The number of carboxylic acids is 1. The SMILES string of the molecule is O=C(O)C1CCN(C(c2ccc(Cl)s2)c2ccccc2F)CC1. The van der Waals surface area contributed by atoms with Gasteiger partial charge >= 0.3 is 5.97 Å². The smallest absolute Gasteiger partial charge is 0.306 e. The van der Waals surface area contributed by atoms with E-state index in [0.29, 0.717) is 35.8 Å². The fraction of sp³-hybridized carbons (Fsp3) is 0.353. The highest BCUT2D eigenvalue weighted by Crippen LogP contribution is 2.38. The van der Waals surface area contributed by atoms with Gasteiger partial charge in [-0.3, -0.25) is 9.69 Å². The molecule has 122 valence electrons. The summed E-state index contributed by atoms with van der Waals surface area (Å²) in [5, 5.41) is 9.15. The Kier molecular flexibility index (Phi) is 4.99. The van der Waals surface area contributed by atoms with E-state index < -0.39 is 5.97 Å². The number of hydrogen-bond donors (Lipinski definition) is 1. The summed E-state index contributed by atoms with van der Waals surface area (Å²) in [5.74, 6) is -1.30. The first-order valence-corrected chi connectivity index (χ1v) is 8.72. The minimum Gasteiger partial charge on any atom is -0.481 e. The maximum Gasteiger partial charge on any atom is 0.306 e. The van der Waals surface area contributed by atoms with E-state index in [-0.39, 0.29) is 17.8 Å². The summed E-state index contributed by atoms with van der Waals surface area (Å²) in [4.78, 5) is 14.3. The van der Waals surface area contributed by atoms with Crippen molar-refractivity contribution in [1.29, 1.82) is 0 Å². The first-order chi connectivity index (χ1) is 11.1.